The lowest BCUT2D eigenvalue weighted by Crippen LogP contribution is -2.51. The summed E-state index contributed by atoms with van der Waals surface area (Å²) in [4.78, 5) is 22.8. The first-order valence-electron chi connectivity index (χ1n) is 5.88. The monoisotopic (exact) mass is 245 g/mol. The van der Waals surface area contributed by atoms with Crippen LogP contribution in [0.15, 0.2) is 0 Å². The van der Waals surface area contributed by atoms with Gasteiger partial charge in [0, 0.05) is 19.7 Å². The first-order valence-corrected chi connectivity index (χ1v) is 5.88. The van der Waals surface area contributed by atoms with Crippen molar-refractivity contribution >= 4 is 11.9 Å². The lowest BCUT2D eigenvalue weighted by molar-refractivity contribution is -0.121. The molecule has 0 radical (unpaired) electrons. The second-order valence-electron chi connectivity index (χ2n) is 3.80. The highest BCUT2D eigenvalue weighted by Crippen LogP contribution is 1.94. The Kier molecular flexibility index (Phi) is 8.35. The van der Waals surface area contributed by atoms with Crippen molar-refractivity contribution in [3.8, 4) is 0 Å². The van der Waals surface area contributed by atoms with Crippen LogP contribution < -0.4 is 16.0 Å². The normalized spacial score (nSPS) is 13.9. The maximum atomic E-state index is 11.6. The summed E-state index contributed by atoms with van der Waals surface area (Å²) in [6, 6.07) is -0.793. The number of methoxy groups -OCH3 is 1. The number of imide groups is 1. The van der Waals surface area contributed by atoms with Gasteiger partial charge in [-0.15, -0.1) is 0 Å². The largest absolute Gasteiger partial charge is 0.383 e. The Labute approximate surface area is 102 Å². The first kappa shape index (κ1) is 15.9. The third-order valence-electron chi connectivity index (χ3n) is 2.31. The molecule has 0 saturated heterocycles. The summed E-state index contributed by atoms with van der Waals surface area (Å²) in [5, 5.41) is 7.86. The molecule has 0 aromatic heterocycles. The van der Waals surface area contributed by atoms with Crippen LogP contribution >= 0.6 is 0 Å². The Bertz CT molecular complexity index is 246. The van der Waals surface area contributed by atoms with Gasteiger partial charge in [-0.2, -0.15) is 0 Å². The van der Waals surface area contributed by atoms with Gasteiger partial charge in [-0.05, 0) is 20.3 Å². The topological polar surface area (TPSA) is 79.5 Å². The van der Waals surface area contributed by atoms with Crippen LogP contribution in [-0.4, -0.2) is 44.3 Å². The molecule has 0 spiro atoms. The number of nitrogens with one attached hydrogen (secondary N) is 3. The summed E-state index contributed by atoms with van der Waals surface area (Å²) in [7, 11) is 1.61. The molecule has 0 aliphatic carbocycles. The zero-order valence-electron chi connectivity index (χ0n) is 11.0. The molecule has 2 unspecified atom stereocenters. The number of ether oxygens (including phenoxy) is 1. The summed E-state index contributed by atoms with van der Waals surface area (Å²) in [6.07, 6.45) is 0.854. The highest BCUT2D eigenvalue weighted by molar-refractivity contribution is 5.96. The quantitative estimate of drug-likeness (QED) is 0.600. The van der Waals surface area contributed by atoms with Crippen molar-refractivity contribution in [1.29, 1.82) is 0 Å². The van der Waals surface area contributed by atoms with Gasteiger partial charge in [-0.3, -0.25) is 10.1 Å². The van der Waals surface area contributed by atoms with E-state index in [9.17, 15) is 9.59 Å². The molecule has 17 heavy (non-hydrogen) atoms. The predicted molar refractivity (Wildman–Crippen MR) is 65.8 cm³/mol. The number of hydrogen-bond acceptors (Lipinski definition) is 4. The Morgan fingerprint density at radius 1 is 1.29 bits per heavy atom. The smallest absolute Gasteiger partial charge is 0.321 e. The van der Waals surface area contributed by atoms with Crippen molar-refractivity contribution < 1.29 is 14.3 Å². The van der Waals surface area contributed by atoms with Crippen LogP contribution in [0, 0.1) is 0 Å². The zero-order chi connectivity index (χ0) is 13.3. The maximum Gasteiger partial charge on any atom is 0.321 e. The molecule has 6 heteroatoms. The van der Waals surface area contributed by atoms with Crippen LogP contribution in [0.4, 0.5) is 4.79 Å². The molecule has 0 aliphatic heterocycles. The fourth-order valence-corrected chi connectivity index (χ4v) is 1.34. The van der Waals surface area contributed by atoms with E-state index in [-0.39, 0.29) is 11.9 Å². The minimum absolute atomic E-state index is 0.106. The molecule has 0 saturated carbocycles. The van der Waals surface area contributed by atoms with Gasteiger partial charge in [-0.25, -0.2) is 4.79 Å². The molecule has 100 valence electrons. The van der Waals surface area contributed by atoms with E-state index in [0.29, 0.717) is 13.2 Å². The van der Waals surface area contributed by atoms with E-state index >= 15 is 0 Å². The molecule has 6 nitrogen and oxygen atoms in total. The zero-order valence-corrected chi connectivity index (χ0v) is 11.0. The van der Waals surface area contributed by atoms with Crippen LogP contribution in [0.1, 0.15) is 27.2 Å². The van der Waals surface area contributed by atoms with Crippen molar-refractivity contribution in [1.82, 2.24) is 16.0 Å². The molecule has 0 rings (SSSR count). The molecule has 2 atom stereocenters. The second kappa shape index (κ2) is 8.95. The van der Waals surface area contributed by atoms with Gasteiger partial charge in [0.25, 0.3) is 0 Å². The minimum Gasteiger partial charge on any atom is -0.383 e. The van der Waals surface area contributed by atoms with Crippen molar-refractivity contribution in [2.75, 3.05) is 20.3 Å². The summed E-state index contributed by atoms with van der Waals surface area (Å²) in [5.41, 5.74) is 0. The van der Waals surface area contributed by atoms with Crippen LogP contribution in [0.25, 0.3) is 0 Å². The Morgan fingerprint density at radius 3 is 2.41 bits per heavy atom. The predicted octanol–water partition coefficient (Wildman–Crippen LogP) is 0.235. The van der Waals surface area contributed by atoms with Crippen molar-refractivity contribution in [3.63, 3.8) is 0 Å². The van der Waals surface area contributed by atoms with Gasteiger partial charge in [0.1, 0.15) is 0 Å². The van der Waals surface area contributed by atoms with Crippen LogP contribution in [0.5, 0.6) is 0 Å². The number of carbonyl (C=O) groups is 2. The van der Waals surface area contributed by atoms with Crippen molar-refractivity contribution in [3.05, 3.63) is 0 Å². The minimum atomic E-state index is -0.467. The van der Waals surface area contributed by atoms with E-state index in [0.717, 1.165) is 6.42 Å². The number of urea groups is 1. The average molecular weight is 245 g/mol. The number of hydrogen-bond donors (Lipinski definition) is 3. The van der Waals surface area contributed by atoms with E-state index < -0.39 is 12.1 Å². The van der Waals surface area contributed by atoms with E-state index in [2.05, 4.69) is 16.0 Å². The Morgan fingerprint density at radius 2 is 1.94 bits per heavy atom. The fourth-order valence-electron chi connectivity index (χ4n) is 1.34. The second-order valence-corrected chi connectivity index (χ2v) is 3.80. The molecule has 0 aromatic rings. The summed E-state index contributed by atoms with van der Waals surface area (Å²) in [6.45, 7) is 6.53. The maximum absolute atomic E-state index is 11.6. The van der Waals surface area contributed by atoms with Gasteiger partial charge in [0.05, 0.1) is 12.6 Å². The van der Waals surface area contributed by atoms with Crippen LogP contribution in [0.2, 0.25) is 0 Å². The van der Waals surface area contributed by atoms with Crippen molar-refractivity contribution in [2.24, 2.45) is 0 Å². The third-order valence-corrected chi connectivity index (χ3v) is 2.31. The fraction of sp³-hybridized carbons (Fsp3) is 0.818. The van der Waals surface area contributed by atoms with Gasteiger partial charge >= 0.3 is 6.03 Å². The molecule has 0 aliphatic rings. The SMILES string of the molecule is CCNC(=O)NC(=O)C(C)NC(CC)COC. The first-order chi connectivity index (χ1) is 8.04. The standard InChI is InChI=1S/C11H23N3O3/c1-5-9(7-17-4)13-8(3)10(15)14-11(16)12-6-2/h8-9,13H,5-7H2,1-4H3,(H2,12,14,15,16). The van der Waals surface area contributed by atoms with E-state index in [1.54, 1.807) is 21.0 Å². The average Bonchev–Trinajstić information content (AvgIpc) is 2.28. The molecule has 0 fully saturated rings. The summed E-state index contributed by atoms with van der Waals surface area (Å²) < 4.78 is 5.02. The van der Waals surface area contributed by atoms with E-state index in [4.69, 9.17) is 4.74 Å². The summed E-state index contributed by atoms with van der Waals surface area (Å²) in [5.74, 6) is -0.342. The molecule has 3 N–H and O–H groups in total. The van der Waals surface area contributed by atoms with E-state index in [1.165, 1.54) is 0 Å². The molecule has 3 amide bonds. The Hall–Kier alpha value is -1.14. The highest BCUT2D eigenvalue weighted by Gasteiger charge is 2.18. The number of carbonyl (C=O) groups excluding carboxylic acids is 2. The molecular weight excluding hydrogens is 222 g/mol. The molecule has 0 bridgehead atoms. The van der Waals surface area contributed by atoms with Crippen molar-refractivity contribution in [2.45, 2.75) is 39.3 Å². The lowest BCUT2D eigenvalue weighted by atomic mass is 10.2. The number of rotatable bonds is 7. The Balaban J connectivity index is 4.07. The molecule has 0 heterocycles. The van der Waals surface area contributed by atoms with Gasteiger partial charge in [0.15, 0.2) is 0 Å². The van der Waals surface area contributed by atoms with Crippen LogP contribution in [-0.2, 0) is 9.53 Å². The van der Waals surface area contributed by atoms with E-state index in [1.807, 2.05) is 6.92 Å². The van der Waals surface area contributed by atoms with Gasteiger partial charge in [-0.1, -0.05) is 6.92 Å². The van der Waals surface area contributed by atoms with Gasteiger partial charge in [0.2, 0.25) is 5.91 Å². The lowest BCUT2D eigenvalue weighted by Gasteiger charge is -2.20. The summed E-state index contributed by atoms with van der Waals surface area (Å²) >= 11 is 0. The van der Waals surface area contributed by atoms with Crippen LogP contribution in [0.3, 0.4) is 0 Å². The molecule has 0 aromatic carbocycles. The third kappa shape index (κ3) is 6.91. The van der Waals surface area contributed by atoms with Gasteiger partial charge < -0.3 is 15.4 Å². The number of amides is 3. The highest BCUT2D eigenvalue weighted by atomic mass is 16.5. The molecular formula is C11H23N3O3.